The van der Waals surface area contributed by atoms with E-state index in [4.69, 9.17) is 0 Å². The number of sulfone groups is 1. The lowest BCUT2D eigenvalue weighted by Crippen LogP contribution is -2.12. The highest BCUT2D eigenvalue weighted by Gasteiger charge is 2.13. The Morgan fingerprint density at radius 3 is 2.23 bits per heavy atom. The van der Waals surface area contributed by atoms with Crippen molar-refractivity contribution in [3.8, 4) is 22.4 Å². The van der Waals surface area contributed by atoms with E-state index in [-0.39, 0.29) is 10.5 Å². The molecule has 1 N–H and O–H groups in total. The predicted molar refractivity (Wildman–Crippen MR) is 120 cm³/mol. The van der Waals surface area contributed by atoms with Crippen LogP contribution in [0.1, 0.15) is 10.4 Å². The first-order valence-electron chi connectivity index (χ1n) is 9.13. The largest absolute Gasteiger partial charge is 0.298 e. The highest BCUT2D eigenvalue weighted by atomic mass is 32.2. The molecule has 0 aliphatic rings. The van der Waals surface area contributed by atoms with Crippen LogP contribution in [-0.4, -0.2) is 25.6 Å². The summed E-state index contributed by atoms with van der Waals surface area (Å²) in [4.78, 5) is 17.1. The second kappa shape index (κ2) is 8.22. The van der Waals surface area contributed by atoms with Gasteiger partial charge >= 0.3 is 0 Å². The maximum absolute atomic E-state index is 12.5. The van der Waals surface area contributed by atoms with Gasteiger partial charge in [0.2, 0.25) is 0 Å². The van der Waals surface area contributed by atoms with Gasteiger partial charge in [-0.1, -0.05) is 60.7 Å². The second-order valence-electron chi connectivity index (χ2n) is 6.74. The zero-order chi connectivity index (χ0) is 21.1. The maximum Gasteiger partial charge on any atom is 0.257 e. The molecular formula is C23H18N2O3S2. The van der Waals surface area contributed by atoms with Crippen LogP contribution in [-0.2, 0) is 9.84 Å². The normalized spacial score (nSPS) is 11.2. The van der Waals surface area contributed by atoms with E-state index in [0.717, 1.165) is 28.6 Å². The van der Waals surface area contributed by atoms with Gasteiger partial charge in [-0.25, -0.2) is 13.4 Å². The van der Waals surface area contributed by atoms with Gasteiger partial charge in [0.15, 0.2) is 15.0 Å². The summed E-state index contributed by atoms with van der Waals surface area (Å²) in [6.07, 6.45) is 1.11. The predicted octanol–water partition coefficient (Wildman–Crippen LogP) is 5.13. The molecule has 1 amide bonds. The molecule has 0 spiro atoms. The number of anilines is 1. The topological polar surface area (TPSA) is 76.1 Å². The lowest BCUT2D eigenvalue weighted by Gasteiger charge is -2.04. The van der Waals surface area contributed by atoms with Crippen LogP contribution in [0, 0.1) is 0 Å². The molecule has 4 aromatic rings. The number of hydrogen-bond donors (Lipinski definition) is 1. The number of carbonyl (C=O) groups is 1. The molecule has 4 rings (SSSR count). The van der Waals surface area contributed by atoms with Crippen LogP contribution in [0.2, 0.25) is 0 Å². The average Bonchev–Trinajstić information content (AvgIpc) is 3.22. The van der Waals surface area contributed by atoms with Gasteiger partial charge in [0.25, 0.3) is 5.91 Å². The minimum absolute atomic E-state index is 0.105. The van der Waals surface area contributed by atoms with Crippen LogP contribution in [0.15, 0.2) is 89.1 Å². The molecule has 150 valence electrons. The fourth-order valence-corrected chi connectivity index (χ4v) is 4.35. The third-order valence-corrected chi connectivity index (χ3v) is 6.40. The summed E-state index contributed by atoms with van der Waals surface area (Å²) in [5, 5.41) is 5.06. The number of carbonyl (C=O) groups excluding carboxylic acids is 1. The number of amides is 1. The first-order chi connectivity index (χ1) is 14.4. The van der Waals surface area contributed by atoms with Crippen molar-refractivity contribution < 1.29 is 13.2 Å². The van der Waals surface area contributed by atoms with Crippen LogP contribution < -0.4 is 5.32 Å². The fourth-order valence-electron chi connectivity index (χ4n) is 2.97. The monoisotopic (exact) mass is 434 g/mol. The van der Waals surface area contributed by atoms with Crippen molar-refractivity contribution in [3.05, 3.63) is 89.8 Å². The molecule has 0 saturated carbocycles. The fraction of sp³-hybridized carbons (Fsp3) is 0.0435. The van der Waals surface area contributed by atoms with E-state index in [2.05, 4.69) is 22.4 Å². The third kappa shape index (κ3) is 4.48. The number of aromatic nitrogens is 1. The van der Waals surface area contributed by atoms with Gasteiger partial charge in [0, 0.05) is 22.8 Å². The van der Waals surface area contributed by atoms with Gasteiger partial charge in [-0.15, -0.1) is 11.3 Å². The first kappa shape index (κ1) is 20.0. The molecule has 3 aromatic carbocycles. The van der Waals surface area contributed by atoms with Crippen molar-refractivity contribution in [2.75, 3.05) is 11.6 Å². The van der Waals surface area contributed by atoms with E-state index >= 15 is 0 Å². The first-order valence-corrected chi connectivity index (χ1v) is 11.9. The van der Waals surface area contributed by atoms with Crippen LogP contribution >= 0.6 is 11.3 Å². The molecule has 0 aliphatic heterocycles. The quantitative estimate of drug-likeness (QED) is 0.472. The Labute approximate surface area is 179 Å². The van der Waals surface area contributed by atoms with Crippen molar-refractivity contribution in [2.24, 2.45) is 0 Å². The molecule has 0 unspecified atom stereocenters. The molecule has 0 aliphatic carbocycles. The summed E-state index contributed by atoms with van der Waals surface area (Å²) in [5.74, 6) is -0.402. The molecule has 0 fully saturated rings. The van der Waals surface area contributed by atoms with Gasteiger partial charge in [0.05, 0.1) is 10.6 Å². The molecule has 0 bridgehead atoms. The Morgan fingerprint density at radius 2 is 1.53 bits per heavy atom. The van der Waals surface area contributed by atoms with E-state index in [1.807, 2.05) is 47.8 Å². The Bertz CT molecular complexity index is 1300. The Morgan fingerprint density at radius 1 is 0.867 bits per heavy atom. The minimum Gasteiger partial charge on any atom is -0.298 e. The van der Waals surface area contributed by atoms with Gasteiger partial charge in [-0.05, 0) is 29.3 Å². The van der Waals surface area contributed by atoms with E-state index in [0.29, 0.717) is 5.13 Å². The molecule has 0 atom stereocenters. The van der Waals surface area contributed by atoms with E-state index < -0.39 is 15.7 Å². The van der Waals surface area contributed by atoms with Crippen molar-refractivity contribution in [2.45, 2.75) is 4.90 Å². The Hall–Kier alpha value is -3.29. The van der Waals surface area contributed by atoms with Crippen LogP contribution in [0.4, 0.5) is 5.13 Å². The smallest absolute Gasteiger partial charge is 0.257 e. The number of nitrogens with zero attached hydrogens (tertiary/aromatic N) is 1. The molecule has 30 heavy (non-hydrogen) atoms. The van der Waals surface area contributed by atoms with E-state index in [9.17, 15) is 13.2 Å². The van der Waals surface area contributed by atoms with Crippen LogP contribution in [0.3, 0.4) is 0 Å². The summed E-state index contributed by atoms with van der Waals surface area (Å²) in [7, 11) is -3.38. The molecule has 1 heterocycles. The summed E-state index contributed by atoms with van der Waals surface area (Å²) >= 11 is 1.32. The van der Waals surface area contributed by atoms with Crippen molar-refractivity contribution in [1.29, 1.82) is 0 Å². The van der Waals surface area contributed by atoms with Gasteiger partial charge < -0.3 is 0 Å². The van der Waals surface area contributed by atoms with Crippen LogP contribution in [0.25, 0.3) is 22.4 Å². The summed E-state index contributed by atoms with van der Waals surface area (Å²) < 4.78 is 23.4. The highest BCUT2D eigenvalue weighted by molar-refractivity contribution is 7.90. The average molecular weight is 435 g/mol. The zero-order valence-electron chi connectivity index (χ0n) is 16.1. The minimum atomic E-state index is -3.38. The van der Waals surface area contributed by atoms with Crippen LogP contribution in [0.5, 0.6) is 0 Å². The number of hydrogen-bond acceptors (Lipinski definition) is 5. The zero-order valence-corrected chi connectivity index (χ0v) is 17.7. The molecule has 5 nitrogen and oxygen atoms in total. The molecular weight excluding hydrogens is 416 g/mol. The molecule has 0 saturated heterocycles. The second-order valence-corrected chi connectivity index (χ2v) is 9.61. The van der Waals surface area contributed by atoms with E-state index in [1.165, 1.54) is 23.5 Å². The van der Waals surface area contributed by atoms with Crippen molar-refractivity contribution in [3.63, 3.8) is 0 Å². The summed E-state index contributed by atoms with van der Waals surface area (Å²) in [5.41, 5.74) is 4.24. The SMILES string of the molecule is CS(=O)(=O)c1cccc(C(=O)Nc2nc(-c3ccc(-c4ccccc4)cc3)cs2)c1. The van der Waals surface area contributed by atoms with Gasteiger partial charge in [0.1, 0.15) is 0 Å². The lowest BCUT2D eigenvalue weighted by atomic mass is 10.0. The molecule has 7 heteroatoms. The number of thiazole rings is 1. The number of benzene rings is 3. The van der Waals surface area contributed by atoms with E-state index in [1.54, 1.807) is 12.1 Å². The summed E-state index contributed by atoms with van der Waals surface area (Å²) in [6, 6.07) is 24.1. The lowest BCUT2D eigenvalue weighted by molar-refractivity contribution is 0.102. The van der Waals surface area contributed by atoms with Gasteiger partial charge in [-0.3, -0.25) is 10.1 Å². The number of rotatable bonds is 5. The maximum atomic E-state index is 12.5. The van der Waals surface area contributed by atoms with Crippen molar-refractivity contribution in [1.82, 2.24) is 4.98 Å². The Kier molecular flexibility index (Phi) is 5.48. The van der Waals surface area contributed by atoms with Gasteiger partial charge in [-0.2, -0.15) is 0 Å². The Balaban J connectivity index is 1.50. The third-order valence-electron chi connectivity index (χ3n) is 4.54. The summed E-state index contributed by atoms with van der Waals surface area (Å²) in [6.45, 7) is 0. The molecule has 1 aromatic heterocycles. The highest BCUT2D eigenvalue weighted by Crippen LogP contribution is 2.28. The number of nitrogens with one attached hydrogen (secondary N) is 1. The molecule has 0 radical (unpaired) electrons. The van der Waals surface area contributed by atoms with Crippen molar-refractivity contribution >= 4 is 32.2 Å². The standard InChI is InChI=1S/C23H18N2O3S2/c1-30(27,28)20-9-5-8-19(14-20)22(26)25-23-24-21(15-29-23)18-12-10-17(11-13-18)16-6-3-2-4-7-16/h2-15H,1H3,(H,24,25,26).